The molecule has 2 rings (SSSR count). The predicted octanol–water partition coefficient (Wildman–Crippen LogP) is 3.26. The minimum Gasteiger partial charge on any atom is -0.481 e. The molecule has 0 fully saturated rings. The van der Waals surface area contributed by atoms with Crippen molar-refractivity contribution in [2.75, 3.05) is 0 Å². The standard InChI is InChI=1S/C16H19NO2/c1-10-3-4-13-9-14(6-5-12(13)7-10)16(17)11(2)8-15(18)19/h3-7,9,11,16H,8,17H2,1-2H3,(H,18,19). The third-order valence-corrected chi connectivity index (χ3v) is 3.51. The average molecular weight is 257 g/mol. The zero-order valence-corrected chi connectivity index (χ0v) is 11.3. The molecule has 0 radical (unpaired) electrons. The molecule has 0 saturated carbocycles. The highest BCUT2D eigenvalue weighted by atomic mass is 16.4. The summed E-state index contributed by atoms with van der Waals surface area (Å²) in [5.41, 5.74) is 8.36. The molecule has 3 nitrogen and oxygen atoms in total. The van der Waals surface area contributed by atoms with Gasteiger partial charge in [-0.2, -0.15) is 0 Å². The van der Waals surface area contributed by atoms with Crippen LogP contribution in [0.25, 0.3) is 10.8 Å². The monoisotopic (exact) mass is 257 g/mol. The number of carbonyl (C=O) groups is 1. The summed E-state index contributed by atoms with van der Waals surface area (Å²) in [6, 6.07) is 12.1. The average Bonchev–Trinajstić information content (AvgIpc) is 2.36. The quantitative estimate of drug-likeness (QED) is 0.883. The third kappa shape index (κ3) is 3.12. The number of fused-ring (bicyclic) bond motifs is 1. The van der Waals surface area contributed by atoms with Crippen molar-refractivity contribution in [3.8, 4) is 0 Å². The Morgan fingerprint density at radius 2 is 1.84 bits per heavy atom. The van der Waals surface area contributed by atoms with Gasteiger partial charge in [0.25, 0.3) is 0 Å². The van der Waals surface area contributed by atoms with E-state index >= 15 is 0 Å². The Kier molecular flexibility index (Phi) is 3.86. The third-order valence-electron chi connectivity index (χ3n) is 3.51. The van der Waals surface area contributed by atoms with Crippen LogP contribution in [0.1, 0.15) is 30.5 Å². The molecule has 2 atom stereocenters. The summed E-state index contributed by atoms with van der Waals surface area (Å²) in [6.45, 7) is 3.94. The second-order valence-corrected chi connectivity index (χ2v) is 5.21. The van der Waals surface area contributed by atoms with E-state index in [4.69, 9.17) is 10.8 Å². The van der Waals surface area contributed by atoms with E-state index < -0.39 is 5.97 Å². The Morgan fingerprint density at radius 3 is 2.53 bits per heavy atom. The van der Waals surface area contributed by atoms with Gasteiger partial charge < -0.3 is 10.8 Å². The Hall–Kier alpha value is -1.87. The fourth-order valence-corrected chi connectivity index (χ4v) is 2.32. The van der Waals surface area contributed by atoms with Crippen molar-refractivity contribution in [2.24, 2.45) is 11.7 Å². The summed E-state index contributed by atoms with van der Waals surface area (Å²) in [4.78, 5) is 10.7. The van der Waals surface area contributed by atoms with Crippen LogP contribution < -0.4 is 5.73 Å². The van der Waals surface area contributed by atoms with Crippen LogP contribution in [0.15, 0.2) is 36.4 Å². The van der Waals surface area contributed by atoms with Crippen LogP contribution in [0.2, 0.25) is 0 Å². The molecule has 3 N–H and O–H groups in total. The van der Waals surface area contributed by atoms with Gasteiger partial charge in [0.05, 0.1) is 0 Å². The summed E-state index contributed by atoms with van der Waals surface area (Å²) in [7, 11) is 0. The highest BCUT2D eigenvalue weighted by molar-refractivity contribution is 5.83. The van der Waals surface area contributed by atoms with E-state index in [2.05, 4.69) is 31.2 Å². The van der Waals surface area contributed by atoms with E-state index in [-0.39, 0.29) is 18.4 Å². The number of aliphatic carboxylic acids is 1. The molecule has 0 amide bonds. The van der Waals surface area contributed by atoms with Gasteiger partial charge >= 0.3 is 5.97 Å². The lowest BCUT2D eigenvalue weighted by molar-refractivity contribution is -0.138. The van der Waals surface area contributed by atoms with Gasteiger partial charge in [-0.1, -0.05) is 42.8 Å². The number of hydrogen-bond acceptors (Lipinski definition) is 2. The first-order valence-electron chi connectivity index (χ1n) is 6.45. The molecule has 0 aliphatic heterocycles. The minimum atomic E-state index is -0.806. The molecular formula is C16H19NO2. The van der Waals surface area contributed by atoms with Gasteiger partial charge in [-0.05, 0) is 35.2 Å². The Bertz CT molecular complexity index is 607. The molecule has 3 heteroatoms. The lowest BCUT2D eigenvalue weighted by atomic mass is 9.91. The minimum absolute atomic E-state index is 0.0830. The molecule has 2 aromatic carbocycles. The first kappa shape index (κ1) is 13.6. The van der Waals surface area contributed by atoms with E-state index in [1.807, 2.05) is 19.1 Å². The van der Waals surface area contributed by atoms with Gasteiger partial charge in [0.15, 0.2) is 0 Å². The van der Waals surface area contributed by atoms with Crippen molar-refractivity contribution in [1.82, 2.24) is 0 Å². The van der Waals surface area contributed by atoms with Crippen molar-refractivity contribution < 1.29 is 9.90 Å². The zero-order valence-electron chi connectivity index (χ0n) is 11.3. The van der Waals surface area contributed by atoms with Gasteiger partial charge in [-0.3, -0.25) is 4.79 Å². The Morgan fingerprint density at radius 1 is 1.21 bits per heavy atom. The number of carboxylic acid groups (broad SMARTS) is 1. The molecule has 0 aliphatic carbocycles. The number of aryl methyl sites for hydroxylation is 1. The normalized spacial score (nSPS) is 14.3. The molecule has 0 aliphatic rings. The highest BCUT2D eigenvalue weighted by Crippen LogP contribution is 2.26. The lowest BCUT2D eigenvalue weighted by Crippen LogP contribution is -2.21. The van der Waals surface area contributed by atoms with Gasteiger partial charge in [0.2, 0.25) is 0 Å². The molecule has 0 aromatic heterocycles. The number of rotatable bonds is 4. The van der Waals surface area contributed by atoms with Gasteiger partial charge in [0.1, 0.15) is 0 Å². The Balaban J connectivity index is 2.30. The van der Waals surface area contributed by atoms with E-state index in [1.165, 1.54) is 10.9 Å². The van der Waals surface area contributed by atoms with Crippen LogP contribution in [0.5, 0.6) is 0 Å². The molecule has 2 unspecified atom stereocenters. The number of nitrogens with two attached hydrogens (primary N) is 1. The van der Waals surface area contributed by atoms with Gasteiger partial charge in [-0.15, -0.1) is 0 Å². The number of benzene rings is 2. The summed E-state index contributed by atoms with van der Waals surface area (Å²) in [6.07, 6.45) is 0.0904. The topological polar surface area (TPSA) is 63.3 Å². The van der Waals surface area contributed by atoms with Crippen LogP contribution in [-0.4, -0.2) is 11.1 Å². The van der Waals surface area contributed by atoms with E-state index in [0.717, 1.165) is 10.9 Å². The van der Waals surface area contributed by atoms with Crippen LogP contribution in [0, 0.1) is 12.8 Å². The molecule has 2 aromatic rings. The molecule has 19 heavy (non-hydrogen) atoms. The molecule has 0 spiro atoms. The summed E-state index contributed by atoms with van der Waals surface area (Å²) in [5.74, 6) is -0.889. The second kappa shape index (κ2) is 5.41. The van der Waals surface area contributed by atoms with E-state index in [0.29, 0.717) is 0 Å². The van der Waals surface area contributed by atoms with Gasteiger partial charge in [0, 0.05) is 12.5 Å². The largest absolute Gasteiger partial charge is 0.481 e. The van der Waals surface area contributed by atoms with Crippen LogP contribution >= 0.6 is 0 Å². The first-order valence-corrected chi connectivity index (χ1v) is 6.45. The fourth-order valence-electron chi connectivity index (χ4n) is 2.32. The smallest absolute Gasteiger partial charge is 0.303 e. The maximum Gasteiger partial charge on any atom is 0.303 e. The van der Waals surface area contributed by atoms with Crippen molar-refractivity contribution in [1.29, 1.82) is 0 Å². The van der Waals surface area contributed by atoms with E-state index in [9.17, 15) is 4.79 Å². The van der Waals surface area contributed by atoms with Crippen LogP contribution in [-0.2, 0) is 4.79 Å². The number of hydrogen-bond donors (Lipinski definition) is 2. The highest BCUT2D eigenvalue weighted by Gasteiger charge is 2.18. The van der Waals surface area contributed by atoms with E-state index in [1.54, 1.807) is 0 Å². The van der Waals surface area contributed by atoms with Crippen molar-refractivity contribution in [2.45, 2.75) is 26.3 Å². The molecule has 100 valence electrons. The first-order chi connectivity index (χ1) is 8.97. The SMILES string of the molecule is Cc1ccc2cc(C(N)C(C)CC(=O)O)ccc2c1. The molecule has 0 saturated heterocycles. The van der Waals surface area contributed by atoms with Crippen LogP contribution in [0.4, 0.5) is 0 Å². The molecular weight excluding hydrogens is 238 g/mol. The van der Waals surface area contributed by atoms with Gasteiger partial charge in [-0.25, -0.2) is 0 Å². The Labute approximate surface area is 113 Å². The summed E-state index contributed by atoms with van der Waals surface area (Å²) < 4.78 is 0. The predicted molar refractivity (Wildman–Crippen MR) is 77.0 cm³/mol. The molecule has 0 heterocycles. The number of carboxylic acids is 1. The molecule has 0 bridgehead atoms. The lowest BCUT2D eigenvalue weighted by Gasteiger charge is -2.19. The summed E-state index contributed by atoms with van der Waals surface area (Å²) in [5, 5.41) is 11.1. The zero-order chi connectivity index (χ0) is 14.0. The van der Waals surface area contributed by atoms with Crippen LogP contribution in [0.3, 0.4) is 0 Å². The van der Waals surface area contributed by atoms with Crippen molar-refractivity contribution >= 4 is 16.7 Å². The maximum absolute atomic E-state index is 10.7. The van der Waals surface area contributed by atoms with Crippen molar-refractivity contribution in [3.63, 3.8) is 0 Å². The maximum atomic E-state index is 10.7. The summed E-state index contributed by atoms with van der Waals surface area (Å²) >= 11 is 0. The fraction of sp³-hybridized carbons (Fsp3) is 0.312. The van der Waals surface area contributed by atoms with Crippen molar-refractivity contribution in [3.05, 3.63) is 47.5 Å². The second-order valence-electron chi connectivity index (χ2n) is 5.21.